The highest BCUT2D eigenvalue weighted by molar-refractivity contribution is 7.17. The molecule has 0 bridgehead atoms. The number of rotatable bonds is 7. The number of piperazine rings is 1. The fraction of sp³-hybridized carbons (Fsp3) is 0.348. The average molecular weight is 409 g/mol. The van der Waals surface area contributed by atoms with E-state index in [0.29, 0.717) is 17.8 Å². The Hall–Kier alpha value is -2.57. The molecule has 2 aromatic carbocycles. The number of carbonyl (C=O) groups is 1. The summed E-state index contributed by atoms with van der Waals surface area (Å²) in [5.41, 5.74) is 8.33. The predicted octanol–water partition coefficient (Wildman–Crippen LogP) is 3.82. The molecule has 29 heavy (non-hydrogen) atoms. The minimum Gasteiger partial charge on any atom is -0.398 e. The third kappa shape index (κ3) is 4.71. The molecule has 1 saturated heterocycles. The zero-order chi connectivity index (χ0) is 20.1. The van der Waals surface area contributed by atoms with Gasteiger partial charge in [-0.3, -0.25) is 9.69 Å². The summed E-state index contributed by atoms with van der Waals surface area (Å²) in [4.78, 5) is 17.2. The lowest BCUT2D eigenvalue weighted by molar-refractivity contribution is 0.0953. The van der Waals surface area contributed by atoms with Crippen LogP contribution in [0.2, 0.25) is 0 Å². The molecule has 3 aromatic rings. The molecule has 152 valence electrons. The summed E-state index contributed by atoms with van der Waals surface area (Å²) in [5.74, 6) is -0.0836. The molecule has 1 amide bonds. The maximum Gasteiger partial charge on any atom is 0.253 e. The summed E-state index contributed by atoms with van der Waals surface area (Å²) in [6.45, 7) is 6.11. The van der Waals surface area contributed by atoms with Crippen molar-refractivity contribution in [1.29, 1.82) is 0 Å². The molecular weight excluding hydrogens is 380 g/mol. The van der Waals surface area contributed by atoms with E-state index >= 15 is 0 Å². The molecule has 0 spiro atoms. The fourth-order valence-corrected chi connectivity index (χ4v) is 4.85. The maximum atomic E-state index is 12.2. The number of anilines is 2. The minimum absolute atomic E-state index is 0.0836. The van der Waals surface area contributed by atoms with Gasteiger partial charge in [0.15, 0.2) is 0 Å². The lowest BCUT2D eigenvalue weighted by Crippen LogP contribution is -2.46. The molecule has 5 nitrogen and oxygen atoms in total. The summed E-state index contributed by atoms with van der Waals surface area (Å²) >= 11 is 1.83. The number of nitrogens with one attached hydrogen (secondary N) is 1. The molecule has 0 atom stereocenters. The second kappa shape index (κ2) is 9.29. The van der Waals surface area contributed by atoms with E-state index < -0.39 is 0 Å². The van der Waals surface area contributed by atoms with Gasteiger partial charge in [-0.25, -0.2) is 0 Å². The second-order valence-electron chi connectivity index (χ2n) is 7.50. The van der Waals surface area contributed by atoms with Crippen LogP contribution in [0.3, 0.4) is 0 Å². The van der Waals surface area contributed by atoms with Crippen LogP contribution in [0, 0.1) is 0 Å². The highest BCUT2D eigenvalue weighted by Crippen LogP contribution is 2.33. The molecule has 6 heteroatoms. The Morgan fingerprint density at radius 2 is 1.76 bits per heavy atom. The molecule has 0 saturated carbocycles. The zero-order valence-corrected chi connectivity index (χ0v) is 17.5. The maximum absolute atomic E-state index is 12.2. The van der Waals surface area contributed by atoms with Gasteiger partial charge >= 0.3 is 0 Å². The molecule has 1 aliphatic heterocycles. The van der Waals surface area contributed by atoms with Gasteiger partial charge in [0.2, 0.25) is 0 Å². The molecule has 0 radical (unpaired) electrons. The van der Waals surface area contributed by atoms with Crippen LogP contribution in [-0.4, -0.2) is 50.1 Å². The Bertz CT molecular complexity index is 962. The lowest BCUT2D eigenvalue weighted by Gasteiger charge is -2.35. The van der Waals surface area contributed by atoms with Crippen molar-refractivity contribution in [1.82, 2.24) is 10.2 Å². The molecule has 0 aliphatic carbocycles. The minimum atomic E-state index is -0.0836. The molecule has 0 unspecified atom stereocenters. The second-order valence-corrected chi connectivity index (χ2v) is 8.41. The highest BCUT2D eigenvalue weighted by Gasteiger charge is 2.19. The van der Waals surface area contributed by atoms with E-state index in [4.69, 9.17) is 5.73 Å². The number of nitrogen functional groups attached to an aromatic ring is 1. The smallest absolute Gasteiger partial charge is 0.253 e. The number of benzene rings is 2. The van der Waals surface area contributed by atoms with Gasteiger partial charge in [0.1, 0.15) is 0 Å². The number of fused-ring (bicyclic) bond motifs is 1. The summed E-state index contributed by atoms with van der Waals surface area (Å²) in [6, 6.07) is 15.9. The first-order valence-corrected chi connectivity index (χ1v) is 11.2. The van der Waals surface area contributed by atoms with Crippen LogP contribution in [0.25, 0.3) is 10.1 Å². The van der Waals surface area contributed by atoms with E-state index in [2.05, 4.69) is 44.8 Å². The van der Waals surface area contributed by atoms with Crippen LogP contribution in [0.4, 0.5) is 11.4 Å². The fourth-order valence-electron chi connectivity index (χ4n) is 3.88. The van der Waals surface area contributed by atoms with Crippen molar-refractivity contribution >= 4 is 38.7 Å². The first-order chi connectivity index (χ1) is 14.2. The van der Waals surface area contributed by atoms with Gasteiger partial charge in [-0.05, 0) is 37.6 Å². The number of nitrogens with two attached hydrogens (primary N) is 1. The molecule has 2 heterocycles. The zero-order valence-electron chi connectivity index (χ0n) is 16.6. The van der Waals surface area contributed by atoms with Crippen LogP contribution in [0.5, 0.6) is 0 Å². The summed E-state index contributed by atoms with van der Waals surface area (Å²) < 4.78 is 1.37. The summed E-state index contributed by atoms with van der Waals surface area (Å²) in [5, 5.41) is 6.65. The molecule has 1 aromatic heterocycles. The quantitative estimate of drug-likeness (QED) is 0.461. The number of nitrogens with zero attached hydrogens (tertiary/aromatic N) is 2. The predicted molar refractivity (Wildman–Crippen MR) is 123 cm³/mol. The van der Waals surface area contributed by atoms with Gasteiger partial charge in [-0.1, -0.05) is 30.3 Å². The van der Waals surface area contributed by atoms with E-state index in [1.807, 2.05) is 23.5 Å². The van der Waals surface area contributed by atoms with Crippen molar-refractivity contribution in [3.8, 4) is 0 Å². The van der Waals surface area contributed by atoms with Gasteiger partial charge in [0, 0.05) is 53.9 Å². The van der Waals surface area contributed by atoms with Crippen LogP contribution in [0.15, 0.2) is 53.9 Å². The van der Waals surface area contributed by atoms with E-state index in [-0.39, 0.29) is 5.91 Å². The van der Waals surface area contributed by atoms with Gasteiger partial charge in [-0.15, -0.1) is 11.3 Å². The molecule has 4 rings (SSSR count). The van der Waals surface area contributed by atoms with Crippen molar-refractivity contribution in [2.45, 2.75) is 12.8 Å². The Morgan fingerprint density at radius 1 is 1.00 bits per heavy atom. The first-order valence-electron chi connectivity index (χ1n) is 10.3. The number of hydrogen-bond donors (Lipinski definition) is 2. The average Bonchev–Trinajstić information content (AvgIpc) is 3.18. The molecule has 1 aliphatic rings. The van der Waals surface area contributed by atoms with Crippen LogP contribution in [0.1, 0.15) is 23.2 Å². The van der Waals surface area contributed by atoms with Crippen molar-refractivity contribution < 1.29 is 4.79 Å². The SMILES string of the molecule is Nc1ccccc1C(=O)NCCCCN1CCN(c2csc3ccccc23)CC1. The van der Waals surface area contributed by atoms with E-state index in [0.717, 1.165) is 45.6 Å². The Kier molecular flexibility index (Phi) is 6.32. The number of carbonyl (C=O) groups excluding carboxylic acids is 1. The van der Waals surface area contributed by atoms with Gasteiger partial charge in [-0.2, -0.15) is 0 Å². The van der Waals surface area contributed by atoms with Crippen LogP contribution in [-0.2, 0) is 0 Å². The van der Waals surface area contributed by atoms with E-state index in [9.17, 15) is 4.79 Å². The van der Waals surface area contributed by atoms with Crippen LogP contribution < -0.4 is 16.0 Å². The first kappa shape index (κ1) is 19.7. The van der Waals surface area contributed by atoms with Crippen LogP contribution >= 0.6 is 11.3 Å². The third-order valence-electron chi connectivity index (χ3n) is 5.57. The number of hydrogen-bond acceptors (Lipinski definition) is 5. The van der Waals surface area contributed by atoms with Crippen molar-refractivity contribution in [2.24, 2.45) is 0 Å². The summed E-state index contributed by atoms with van der Waals surface area (Å²) in [7, 11) is 0. The number of unbranched alkanes of at least 4 members (excludes halogenated alkanes) is 1. The van der Waals surface area contributed by atoms with Crippen molar-refractivity contribution in [3.05, 3.63) is 59.5 Å². The molecular formula is C23H28N4OS. The monoisotopic (exact) mass is 408 g/mol. The van der Waals surface area contributed by atoms with Gasteiger partial charge in [0.05, 0.1) is 11.3 Å². The normalized spacial score (nSPS) is 15.0. The largest absolute Gasteiger partial charge is 0.398 e. The Morgan fingerprint density at radius 3 is 2.59 bits per heavy atom. The Balaban J connectivity index is 1.16. The van der Waals surface area contributed by atoms with Crippen molar-refractivity contribution in [3.63, 3.8) is 0 Å². The standard InChI is InChI=1S/C23H28N4OS/c24-20-9-3-1-7-18(20)23(28)25-11-5-6-12-26-13-15-27(16-14-26)21-17-29-22-10-4-2-8-19(21)22/h1-4,7-10,17H,5-6,11-16,24H2,(H,25,28). The number of amides is 1. The topological polar surface area (TPSA) is 61.6 Å². The van der Waals surface area contributed by atoms with Crippen molar-refractivity contribution in [2.75, 3.05) is 49.9 Å². The highest BCUT2D eigenvalue weighted by atomic mass is 32.1. The van der Waals surface area contributed by atoms with E-state index in [1.54, 1.807) is 12.1 Å². The number of thiophene rings is 1. The van der Waals surface area contributed by atoms with Gasteiger partial charge < -0.3 is 16.0 Å². The third-order valence-corrected chi connectivity index (χ3v) is 6.52. The van der Waals surface area contributed by atoms with Gasteiger partial charge in [0.25, 0.3) is 5.91 Å². The molecule has 3 N–H and O–H groups in total. The summed E-state index contributed by atoms with van der Waals surface area (Å²) in [6.07, 6.45) is 2.07. The Labute approximate surface area is 176 Å². The number of para-hydroxylation sites is 1. The van der Waals surface area contributed by atoms with E-state index in [1.165, 1.54) is 15.8 Å². The molecule has 1 fully saturated rings. The lowest BCUT2D eigenvalue weighted by atomic mass is 10.1.